The third kappa shape index (κ3) is 5.74. The molecule has 0 fully saturated rings. The second-order valence-corrected chi connectivity index (χ2v) is 7.71. The Morgan fingerprint density at radius 3 is 2.48 bits per heavy atom. The highest BCUT2D eigenvalue weighted by Gasteiger charge is 2.19. The van der Waals surface area contributed by atoms with Crippen molar-refractivity contribution >= 4 is 41.0 Å². The van der Waals surface area contributed by atoms with Crippen LogP contribution >= 0.6 is 11.8 Å². The number of carboxylic acid groups (broad SMARTS) is 1. The Bertz CT molecular complexity index is 1240. The molecule has 168 valence electrons. The largest absolute Gasteiger partial charge is 0.478 e. The van der Waals surface area contributed by atoms with Crippen LogP contribution in [0.1, 0.15) is 38.0 Å². The first-order chi connectivity index (χ1) is 15.8. The maximum Gasteiger partial charge on any atom is 0.338 e. The van der Waals surface area contributed by atoms with Gasteiger partial charge in [0.2, 0.25) is 0 Å². The second-order valence-electron chi connectivity index (χ2n) is 6.59. The van der Waals surface area contributed by atoms with Crippen molar-refractivity contribution in [3.05, 3.63) is 93.5 Å². The van der Waals surface area contributed by atoms with Gasteiger partial charge in [0, 0.05) is 27.5 Å². The standard InChI is InChI=1S/C23H18N2O7S/c1-2-32-23(29)17-11-10-16(13-18(17)22(27)28)33-20-9-4-3-8-19(20)24-21(26)14-6-5-7-15(12-14)25(30)31/h3-13H,2H2,1H3,(H,24,26)(H,27,28). The third-order valence-electron chi connectivity index (χ3n) is 4.40. The van der Waals surface area contributed by atoms with E-state index in [2.05, 4.69) is 5.32 Å². The topological polar surface area (TPSA) is 136 Å². The summed E-state index contributed by atoms with van der Waals surface area (Å²) in [7, 11) is 0. The van der Waals surface area contributed by atoms with Gasteiger partial charge in [-0.1, -0.05) is 30.0 Å². The summed E-state index contributed by atoms with van der Waals surface area (Å²) in [5.41, 5.74) is 0.104. The van der Waals surface area contributed by atoms with Crippen LogP contribution < -0.4 is 5.32 Å². The average molecular weight is 466 g/mol. The smallest absolute Gasteiger partial charge is 0.338 e. The molecule has 0 aliphatic heterocycles. The van der Waals surface area contributed by atoms with E-state index in [1.807, 2.05) is 0 Å². The lowest BCUT2D eigenvalue weighted by atomic mass is 10.1. The normalized spacial score (nSPS) is 10.3. The lowest BCUT2D eigenvalue weighted by Crippen LogP contribution is -2.13. The number of carbonyl (C=O) groups excluding carboxylic acids is 2. The van der Waals surface area contributed by atoms with Crippen molar-refractivity contribution in [3.63, 3.8) is 0 Å². The summed E-state index contributed by atoms with van der Waals surface area (Å²) in [5, 5.41) is 23.2. The van der Waals surface area contributed by atoms with Gasteiger partial charge >= 0.3 is 11.9 Å². The van der Waals surface area contributed by atoms with Gasteiger partial charge in [0.15, 0.2) is 0 Å². The van der Waals surface area contributed by atoms with E-state index < -0.39 is 22.8 Å². The van der Waals surface area contributed by atoms with Gasteiger partial charge in [-0.05, 0) is 43.3 Å². The molecule has 33 heavy (non-hydrogen) atoms. The van der Waals surface area contributed by atoms with E-state index in [0.29, 0.717) is 15.5 Å². The molecule has 3 rings (SSSR count). The lowest BCUT2D eigenvalue weighted by Gasteiger charge is -2.12. The summed E-state index contributed by atoms with van der Waals surface area (Å²) >= 11 is 1.19. The minimum Gasteiger partial charge on any atom is -0.478 e. The first kappa shape index (κ1) is 23.5. The van der Waals surface area contributed by atoms with Crippen LogP contribution in [0.15, 0.2) is 76.5 Å². The van der Waals surface area contributed by atoms with Gasteiger partial charge in [0.25, 0.3) is 11.6 Å². The molecule has 0 spiro atoms. The van der Waals surface area contributed by atoms with Crippen LogP contribution in [0.25, 0.3) is 0 Å². The molecule has 10 heteroatoms. The first-order valence-electron chi connectivity index (χ1n) is 9.67. The maximum absolute atomic E-state index is 12.6. The number of anilines is 1. The molecule has 0 aliphatic rings. The number of non-ortho nitro benzene ring substituents is 1. The molecule has 0 radical (unpaired) electrons. The quantitative estimate of drug-likeness (QED) is 0.272. The van der Waals surface area contributed by atoms with Crippen molar-refractivity contribution in [3.8, 4) is 0 Å². The highest BCUT2D eigenvalue weighted by Crippen LogP contribution is 2.35. The Labute approximate surface area is 192 Å². The Balaban J connectivity index is 1.86. The number of hydrogen-bond acceptors (Lipinski definition) is 7. The molecule has 0 atom stereocenters. The zero-order chi connectivity index (χ0) is 24.0. The number of nitro benzene ring substituents is 1. The summed E-state index contributed by atoms with van der Waals surface area (Å²) in [4.78, 5) is 47.9. The number of rotatable bonds is 8. The Morgan fingerprint density at radius 2 is 1.79 bits per heavy atom. The average Bonchev–Trinajstić information content (AvgIpc) is 2.80. The van der Waals surface area contributed by atoms with E-state index in [9.17, 15) is 29.6 Å². The molecule has 3 aromatic carbocycles. The van der Waals surface area contributed by atoms with E-state index in [-0.39, 0.29) is 29.0 Å². The monoisotopic (exact) mass is 466 g/mol. The minimum atomic E-state index is -1.27. The predicted molar refractivity (Wildman–Crippen MR) is 121 cm³/mol. The first-order valence-corrected chi connectivity index (χ1v) is 10.5. The van der Waals surface area contributed by atoms with Crippen LogP contribution in [-0.4, -0.2) is 34.5 Å². The van der Waals surface area contributed by atoms with Gasteiger partial charge in [0.05, 0.1) is 28.3 Å². The van der Waals surface area contributed by atoms with Gasteiger partial charge < -0.3 is 15.2 Å². The van der Waals surface area contributed by atoms with E-state index >= 15 is 0 Å². The van der Waals surface area contributed by atoms with Crippen molar-refractivity contribution in [1.29, 1.82) is 0 Å². The van der Waals surface area contributed by atoms with Crippen LogP contribution in [0.3, 0.4) is 0 Å². The number of aromatic carboxylic acids is 1. The predicted octanol–water partition coefficient (Wildman–Crippen LogP) is 4.87. The highest BCUT2D eigenvalue weighted by molar-refractivity contribution is 7.99. The van der Waals surface area contributed by atoms with Crippen molar-refractivity contribution < 1.29 is 29.2 Å². The van der Waals surface area contributed by atoms with E-state index in [1.54, 1.807) is 37.3 Å². The zero-order valence-corrected chi connectivity index (χ0v) is 18.1. The number of nitro groups is 1. The molecule has 0 aromatic heterocycles. The van der Waals surface area contributed by atoms with E-state index in [1.165, 1.54) is 48.2 Å². The van der Waals surface area contributed by atoms with E-state index in [4.69, 9.17) is 4.74 Å². The number of nitrogens with zero attached hydrogens (tertiary/aromatic N) is 1. The number of benzene rings is 3. The zero-order valence-electron chi connectivity index (χ0n) is 17.3. The number of amides is 1. The molecule has 0 unspecified atom stereocenters. The van der Waals surface area contributed by atoms with Crippen LogP contribution in [0.5, 0.6) is 0 Å². The van der Waals surface area contributed by atoms with Crippen LogP contribution in [0.2, 0.25) is 0 Å². The number of hydrogen-bond donors (Lipinski definition) is 2. The lowest BCUT2D eigenvalue weighted by molar-refractivity contribution is -0.384. The molecule has 3 aromatic rings. The molecule has 0 saturated carbocycles. The third-order valence-corrected chi connectivity index (χ3v) is 5.46. The molecule has 9 nitrogen and oxygen atoms in total. The van der Waals surface area contributed by atoms with Crippen molar-refractivity contribution in [1.82, 2.24) is 0 Å². The number of carbonyl (C=O) groups is 3. The second kappa shape index (κ2) is 10.4. The molecule has 2 N–H and O–H groups in total. The van der Waals surface area contributed by atoms with Gasteiger partial charge in [-0.15, -0.1) is 0 Å². The van der Waals surface area contributed by atoms with Gasteiger partial charge in [-0.3, -0.25) is 14.9 Å². The number of nitrogens with one attached hydrogen (secondary N) is 1. The Hall–Kier alpha value is -4.18. The van der Waals surface area contributed by atoms with Gasteiger partial charge in [-0.25, -0.2) is 9.59 Å². The van der Waals surface area contributed by atoms with Crippen LogP contribution in [-0.2, 0) is 4.74 Å². The SMILES string of the molecule is CCOC(=O)c1ccc(Sc2ccccc2NC(=O)c2cccc([N+](=O)[O-])c2)cc1C(=O)O. The summed E-state index contributed by atoms with van der Waals surface area (Å²) in [5.74, 6) is -2.53. The molecular formula is C23H18N2O7S. The molecule has 1 amide bonds. The van der Waals surface area contributed by atoms with Crippen molar-refractivity contribution in [2.75, 3.05) is 11.9 Å². The molecular weight excluding hydrogens is 448 g/mol. The molecule has 0 saturated heterocycles. The fourth-order valence-electron chi connectivity index (χ4n) is 2.89. The summed E-state index contributed by atoms with van der Waals surface area (Å²) in [6.07, 6.45) is 0. The van der Waals surface area contributed by atoms with E-state index in [0.717, 1.165) is 0 Å². The molecule has 0 bridgehead atoms. The van der Waals surface area contributed by atoms with Crippen LogP contribution in [0, 0.1) is 10.1 Å². The summed E-state index contributed by atoms with van der Waals surface area (Å²) < 4.78 is 4.91. The summed E-state index contributed by atoms with van der Waals surface area (Å²) in [6.45, 7) is 1.74. The fraction of sp³-hybridized carbons (Fsp3) is 0.0870. The number of ether oxygens (including phenoxy) is 1. The molecule has 0 aliphatic carbocycles. The number of esters is 1. The number of carboxylic acids is 1. The van der Waals surface area contributed by atoms with Crippen molar-refractivity contribution in [2.24, 2.45) is 0 Å². The number of para-hydroxylation sites is 1. The highest BCUT2D eigenvalue weighted by atomic mass is 32.2. The Morgan fingerprint density at radius 1 is 1.03 bits per heavy atom. The van der Waals surface area contributed by atoms with Gasteiger partial charge in [-0.2, -0.15) is 0 Å². The Kier molecular flexibility index (Phi) is 7.42. The van der Waals surface area contributed by atoms with Crippen molar-refractivity contribution in [2.45, 2.75) is 16.7 Å². The maximum atomic E-state index is 12.6. The fourth-order valence-corrected chi connectivity index (χ4v) is 3.83. The van der Waals surface area contributed by atoms with Gasteiger partial charge in [0.1, 0.15) is 0 Å². The summed E-state index contributed by atoms with van der Waals surface area (Å²) in [6, 6.07) is 16.5. The molecule has 0 heterocycles. The minimum absolute atomic E-state index is 0.0547. The van der Waals surface area contributed by atoms with Crippen LogP contribution in [0.4, 0.5) is 11.4 Å².